The van der Waals surface area contributed by atoms with Crippen molar-refractivity contribution in [1.29, 1.82) is 0 Å². The number of nitrogen functional groups attached to an aromatic ring is 1. The van der Waals surface area contributed by atoms with E-state index in [-0.39, 0.29) is 4.90 Å². The summed E-state index contributed by atoms with van der Waals surface area (Å²) in [6, 6.07) is 2.20. The third-order valence-corrected chi connectivity index (χ3v) is 4.75. The van der Waals surface area contributed by atoms with Crippen LogP contribution in [-0.4, -0.2) is 27.4 Å². The van der Waals surface area contributed by atoms with Crippen molar-refractivity contribution in [2.45, 2.75) is 24.8 Å². The maximum absolute atomic E-state index is 12.2. The molecule has 106 valence electrons. The Bertz CT molecular complexity index is 601. The monoisotopic (exact) mass is 349 g/mol. The predicted molar refractivity (Wildman–Crippen MR) is 77.1 cm³/mol. The zero-order valence-electron chi connectivity index (χ0n) is 10.8. The van der Waals surface area contributed by atoms with Gasteiger partial charge in [0.05, 0.1) is 10.9 Å². The van der Waals surface area contributed by atoms with Crippen molar-refractivity contribution in [3.8, 4) is 0 Å². The van der Waals surface area contributed by atoms with E-state index in [2.05, 4.69) is 26.0 Å². The van der Waals surface area contributed by atoms with E-state index in [4.69, 9.17) is 5.73 Å². The fourth-order valence-corrected chi connectivity index (χ4v) is 3.65. The van der Waals surface area contributed by atoms with Crippen LogP contribution in [0, 0.1) is 6.92 Å². The van der Waals surface area contributed by atoms with Gasteiger partial charge in [-0.3, -0.25) is 4.79 Å². The number of hydrogen-bond acceptors (Lipinski definition) is 4. The first-order valence-electron chi connectivity index (χ1n) is 5.48. The number of carbonyl (C=O) groups excluding carboxylic acids is 1. The smallest absolute Gasteiger partial charge is 0.241 e. The van der Waals surface area contributed by atoms with Gasteiger partial charge in [0.25, 0.3) is 0 Å². The molecule has 19 heavy (non-hydrogen) atoms. The lowest BCUT2D eigenvalue weighted by atomic mass is 10.2. The molecule has 0 aliphatic heterocycles. The molecule has 1 aromatic rings. The number of carbonyl (C=O) groups is 1. The van der Waals surface area contributed by atoms with Crippen LogP contribution in [0.15, 0.2) is 21.5 Å². The summed E-state index contributed by atoms with van der Waals surface area (Å²) in [5.41, 5.74) is 6.54. The van der Waals surface area contributed by atoms with Crippen molar-refractivity contribution in [2.24, 2.45) is 0 Å². The van der Waals surface area contributed by atoms with E-state index in [0.29, 0.717) is 15.7 Å². The van der Waals surface area contributed by atoms with Crippen molar-refractivity contribution < 1.29 is 13.2 Å². The molecule has 0 spiro atoms. The highest BCUT2D eigenvalue weighted by Crippen LogP contribution is 2.26. The highest BCUT2D eigenvalue weighted by molar-refractivity contribution is 9.10. The van der Waals surface area contributed by atoms with E-state index in [1.54, 1.807) is 13.0 Å². The van der Waals surface area contributed by atoms with Gasteiger partial charge in [0.1, 0.15) is 0 Å². The van der Waals surface area contributed by atoms with Gasteiger partial charge < -0.3 is 11.1 Å². The predicted octanol–water partition coefficient (Wildman–Crippen LogP) is 0.753. The Morgan fingerprint density at radius 1 is 1.42 bits per heavy atom. The number of nitrogens with one attached hydrogen (secondary N) is 2. The summed E-state index contributed by atoms with van der Waals surface area (Å²) in [6.07, 6.45) is 0. The van der Waals surface area contributed by atoms with Gasteiger partial charge in [-0.15, -0.1) is 0 Å². The molecule has 0 radical (unpaired) electrons. The molecule has 0 aliphatic carbocycles. The van der Waals surface area contributed by atoms with Gasteiger partial charge in [-0.25, -0.2) is 8.42 Å². The molecule has 0 saturated heterocycles. The van der Waals surface area contributed by atoms with E-state index in [1.807, 2.05) is 0 Å². The summed E-state index contributed by atoms with van der Waals surface area (Å²) in [6.45, 7) is 3.08. The quantitative estimate of drug-likeness (QED) is 0.698. The van der Waals surface area contributed by atoms with Crippen molar-refractivity contribution >= 4 is 37.5 Å². The van der Waals surface area contributed by atoms with Crippen LogP contribution in [0.4, 0.5) is 5.69 Å². The largest absolute Gasteiger partial charge is 0.398 e. The average molecular weight is 350 g/mol. The van der Waals surface area contributed by atoms with Gasteiger partial charge in [-0.2, -0.15) is 4.72 Å². The summed E-state index contributed by atoms with van der Waals surface area (Å²) in [5, 5.41) is 2.38. The second kappa shape index (κ2) is 5.89. The van der Waals surface area contributed by atoms with Crippen molar-refractivity contribution in [3.63, 3.8) is 0 Å². The van der Waals surface area contributed by atoms with Crippen LogP contribution in [0.1, 0.15) is 12.5 Å². The molecule has 0 fully saturated rings. The number of amides is 1. The van der Waals surface area contributed by atoms with E-state index >= 15 is 0 Å². The highest BCUT2D eigenvalue weighted by Gasteiger charge is 2.24. The van der Waals surface area contributed by atoms with Crippen LogP contribution in [0.2, 0.25) is 0 Å². The van der Waals surface area contributed by atoms with E-state index in [9.17, 15) is 13.2 Å². The summed E-state index contributed by atoms with van der Waals surface area (Å²) >= 11 is 3.20. The van der Waals surface area contributed by atoms with Gasteiger partial charge in [-0.05, 0) is 31.5 Å². The summed E-state index contributed by atoms with van der Waals surface area (Å²) in [7, 11) is -2.37. The van der Waals surface area contributed by atoms with Gasteiger partial charge in [0.2, 0.25) is 15.9 Å². The molecular formula is C11H16BrN3O3S. The van der Waals surface area contributed by atoms with Crippen LogP contribution < -0.4 is 15.8 Å². The van der Waals surface area contributed by atoms with Crippen LogP contribution in [-0.2, 0) is 14.8 Å². The Morgan fingerprint density at radius 2 is 2.00 bits per heavy atom. The Hall–Kier alpha value is -1.12. The van der Waals surface area contributed by atoms with Crippen LogP contribution >= 0.6 is 15.9 Å². The third-order valence-electron chi connectivity index (χ3n) is 2.63. The second-order valence-corrected chi connectivity index (χ2v) is 6.67. The first kappa shape index (κ1) is 15.9. The minimum absolute atomic E-state index is 0.0510. The Kier molecular flexibility index (Phi) is 4.94. The van der Waals surface area contributed by atoms with Gasteiger partial charge in [0, 0.05) is 17.2 Å². The molecule has 0 saturated carbocycles. The fraction of sp³-hybridized carbons (Fsp3) is 0.364. The molecule has 1 aromatic carbocycles. The average Bonchev–Trinajstić information content (AvgIpc) is 2.31. The molecule has 0 bridgehead atoms. The first-order valence-corrected chi connectivity index (χ1v) is 7.76. The Balaban J connectivity index is 3.18. The molecule has 1 amide bonds. The molecule has 0 aromatic heterocycles. The van der Waals surface area contributed by atoms with E-state index in [0.717, 1.165) is 0 Å². The molecule has 1 rings (SSSR count). The number of hydrogen-bond donors (Lipinski definition) is 3. The normalized spacial score (nSPS) is 13.1. The maximum Gasteiger partial charge on any atom is 0.241 e. The lowest BCUT2D eigenvalue weighted by molar-refractivity contribution is -0.121. The minimum atomic E-state index is -3.81. The van der Waals surface area contributed by atoms with Gasteiger partial charge >= 0.3 is 0 Å². The second-order valence-electron chi connectivity index (χ2n) is 4.08. The van der Waals surface area contributed by atoms with Crippen molar-refractivity contribution in [2.75, 3.05) is 12.8 Å². The summed E-state index contributed by atoms with van der Waals surface area (Å²) in [5.74, 6) is -0.413. The Labute approximate surface area is 120 Å². The number of rotatable bonds is 4. The number of likely N-dealkylation sites (N-methyl/N-ethyl adjacent to an activating group) is 1. The molecule has 0 aliphatic rings. The zero-order chi connectivity index (χ0) is 14.8. The number of anilines is 1. The number of nitrogens with two attached hydrogens (primary N) is 1. The number of halogens is 1. The van der Waals surface area contributed by atoms with Crippen LogP contribution in [0.25, 0.3) is 0 Å². The summed E-state index contributed by atoms with van der Waals surface area (Å²) < 4.78 is 27.3. The minimum Gasteiger partial charge on any atom is -0.398 e. The summed E-state index contributed by atoms with van der Waals surface area (Å²) in [4.78, 5) is 11.4. The zero-order valence-corrected chi connectivity index (χ0v) is 13.2. The lowest BCUT2D eigenvalue weighted by Crippen LogP contribution is -2.43. The van der Waals surface area contributed by atoms with E-state index < -0.39 is 22.0 Å². The third kappa shape index (κ3) is 3.68. The molecule has 1 atom stereocenters. The molecule has 1 unspecified atom stereocenters. The first-order chi connectivity index (χ1) is 8.69. The van der Waals surface area contributed by atoms with Crippen molar-refractivity contribution in [3.05, 3.63) is 22.2 Å². The highest BCUT2D eigenvalue weighted by atomic mass is 79.9. The molecule has 0 heterocycles. The molecule has 4 N–H and O–H groups in total. The number of sulfonamides is 1. The SMILES string of the molecule is CNC(=O)C(C)NS(=O)(=O)c1cc(Br)cc(N)c1C. The maximum atomic E-state index is 12.2. The van der Waals surface area contributed by atoms with Crippen LogP contribution in [0.5, 0.6) is 0 Å². The number of benzene rings is 1. The lowest BCUT2D eigenvalue weighted by Gasteiger charge is -2.15. The van der Waals surface area contributed by atoms with E-state index in [1.165, 1.54) is 20.0 Å². The Morgan fingerprint density at radius 3 is 2.53 bits per heavy atom. The molecule has 6 nitrogen and oxygen atoms in total. The fourth-order valence-electron chi connectivity index (χ4n) is 1.52. The molecule has 8 heteroatoms. The van der Waals surface area contributed by atoms with Gasteiger partial charge in [-0.1, -0.05) is 15.9 Å². The van der Waals surface area contributed by atoms with Crippen LogP contribution in [0.3, 0.4) is 0 Å². The topological polar surface area (TPSA) is 101 Å². The molecular weight excluding hydrogens is 334 g/mol. The van der Waals surface area contributed by atoms with Crippen molar-refractivity contribution in [1.82, 2.24) is 10.0 Å². The van der Waals surface area contributed by atoms with Gasteiger partial charge in [0.15, 0.2) is 0 Å². The standard InChI is InChI=1S/C11H16BrN3O3S/c1-6-9(13)4-8(12)5-10(6)19(17,18)15-7(2)11(16)14-3/h4-5,7,15H,13H2,1-3H3,(H,14,16).